The van der Waals surface area contributed by atoms with Crippen LogP contribution in [0.1, 0.15) is 12.5 Å². The first-order chi connectivity index (χ1) is 14.9. The van der Waals surface area contributed by atoms with Crippen molar-refractivity contribution >= 4 is 28.9 Å². The number of nitro groups is 1. The molecule has 1 amide bonds. The van der Waals surface area contributed by atoms with Gasteiger partial charge >= 0.3 is 0 Å². The molecule has 164 valence electrons. The van der Waals surface area contributed by atoms with Gasteiger partial charge in [-0.05, 0) is 30.7 Å². The Kier molecular flexibility index (Phi) is 6.26. The summed E-state index contributed by atoms with van der Waals surface area (Å²) < 4.78 is 10.8. The number of rotatable bonds is 6. The lowest BCUT2D eigenvalue weighted by Gasteiger charge is -2.37. The number of carbonyl (C=O) groups excluding carboxylic acids is 1. The molecule has 0 saturated carbocycles. The quantitative estimate of drug-likeness (QED) is 0.537. The number of hydrogen-bond donors (Lipinski definition) is 1. The average molecular weight is 447 g/mol. The second kappa shape index (κ2) is 9.09. The van der Waals surface area contributed by atoms with Crippen molar-refractivity contribution in [3.8, 4) is 11.5 Å². The highest BCUT2D eigenvalue weighted by Crippen LogP contribution is 2.33. The lowest BCUT2D eigenvalue weighted by atomic mass is 10.1. The van der Waals surface area contributed by atoms with E-state index in [1.165, 1.54) is 18.2 Å². The predicted molar refractivity (Wildman–Crippen MR) is 116 cm³/mol. The summed E-state index contributed by atoms with van der Waals surface area (Å²) >= 11 is 6.08. The summed E-state index contributed by atoms with van der Waals surface area (Å²) in [5.74, 6) is 1.37. The molecular weight excluding hydrogens is 424 g/mol. The van der Waals surface area contributed by atoms with Crippen LogP contribution >= 0.6 is 11.6 Å². The molecule has 0 radical (unpaired) electrons. The Morgan fingerprint density at radius 2 is 1.90 bits per heavy atom. The van der Waals surface area contributed by atoms with Gasteiger partial charge in [0.2, 0.25) is 12.7 Å². The Balaban J connectivity index is 1.29. The van der Waals surface area contributed by atoms with Crippen molar-refractivity contribution in [2.75, 3.05) is 38.3 Å². The van der Waals surface area contributed by atoms with Crippen molar-refractivity contribution in [1.29, 1.82) is 0 Å². The zero-order chi connectivity index (χ0) is 22.0. The second-order valence-electron chi connectivity index (χ2n) is 7.59. The van der Waals surface area contributed by atoms with Crippen LogP contribution in [0, 0.1) is 10.1 Å². The average Bonchev–Trinajstić information content (AvgIpc) is 3.23. The van der Waals surface area contributed by atoms with Gasteiger partial charge in [-0.3, -0.25) is 24.7 Å². The predicted octanol–water partition coefficient (Wildman–Crippen LogP) is 3.12. The molecule has 2 aromatic rings. The van der Waals surface area contributed by atoms with Crippen LogP contribution in [-0.2, 0) is 11.3 Å². The highest BCUT2D eigenvalue weighted by atomic mass is 35.5. The Bertz CT molecular complexity index is 994. The summed E-state index contributed by atoms with van der Waals surface area (Å²) in [6.07, 6.45) is 0. The molecule has 4 rings (SSSR count). The van der Waals surface area contributed by atoms with Crippen LogP contribution in [0.15, 0.2) is 36.4 Å². The molecule has 10 heteroatoms. The zero-order valence-corrected chi connectivity index (χ0v) is 17.8. The molecule has 1 fully saturated rings. The highest BCUT2D eigenvalue weighted by molar-refractivity contribution is 6.34. The normalized spacial score (nSPS) is 17.4. The molecule has 0 bridgehead atoms. The maximum absolute atomic E-state index is 12.7. The molecule has 0 aliphatic carbocycles. The largest absolute Gasteiger partial charge is 0.454 e. The van der Waals surface area contributed by atoms with Gasteiger partial charge in [0.1, 0.15) is 0 Å². The summed E-state index contributed by atoms with van der Waals surface area (Å²) in [6, 6.07) is 9.65. The van der Waals surface area contributed by atoms with Gasteiger partial charge in [0, 0.05) is 44.9 Å². The molecule has 31 heavy (non-hydrogen) atoms. The Hall–Kier alpha value is -2.88. The van der Waals surface area contributed by atoms with Gasteiger partial charge in [0.05, 0.1) is 21.7 Å². The van der Waals surface area contributed by atoms with Crippen molar-refractivity contribution in [1.82, 2.24) is 9.80 Å². The third-order valence-electron chi connectivity index (χ3n) is 5.60. The molecule has 0 unspecified atom stereocenters. The number of non-ortho nitro benzene ring substituents is 1. The van der Waals surface area contributed by atoms with Gasteiger partial charge in [-0.2, -0.15) is 0 Å². The Labute approximate surface area is 184 Å². The van der Waals surface area contributed by atoms with Crippen molar-refractivity contribution in [2.45, 2.75) is 19.5 Å². The number of amides is 1. The first-order valence-electron chi connectivity index (χ1n) is 10.0. The number of halogens is 1. The molecule has 1 N–H and O–H groups in total. The summed E-state index contributed by atoms with van der Waals surface area (Å²) in [4.78, 5) is 27.4. The molecule has 9 nitrogen and oxygen atoms in total. The van der Waals surface area contributed by atoms with Crippen LogP contribution in [0.2, 0.25) is 5.02 Å². The number of nitrogens with zero attached hydrogens (tertiary/aromatic N) is 3. The number of nitrogens with one attached hydrogen (secondary N) is 1. The highest BCUT2D eigenvalue weighted by Gasteiger charge is 2.26. The topological polar surface area (TPSA) is 97.2 Å². The minimum atomic E-state index is -0.525. The van der Waals surface area contributed by atoms with Gasteiger partial charge < -0.3 is 14.8 Å². The van der Waals surface area contributed by atoms with Crippen LogP contribution < -0.4 is 14.8 Å². The molecule has 1 saturated heterocycles. The smallest absolute Gasteiger partial charge is 0.271 e. The maximum atomic E-state index is 12.7. The summed E-state index contributed by atoms with van der Waals surface area (Å²) in [5.41, 5.74) is 1.41. The van der Waals surface area contributed by atoms with E-state index in [1.807, 2.05) is 25.1 Å². The molecule has 0 spiro atoms. The molecule has 1 atom stereocenters. The van der Waals surface area contributed by atoms with Gasteiger partial charge in [-0.1, -0.05) is 17.7 Å². The maximum Gasteiger partial charge on any atom is 0.271 e. The second-order valence-corrected chi connectivity index (χ2v) is 7.99. The van der Waals surface area contributed by atoms with E-state index in [9.17, 15) is 14.9 Å². The van der Waals surface area contributed by atoms with Crippen LogP contribution in [0.3, 0.4) is 0 Å². The van der Waals surface area contributed by atoms with Crippen molar-refractivity contribution in [2.24, 2.45) is 0 Å². The minimum absolute atomic E-state index is 0.116. The van der Waals surface area contributed by atoms with Crippen molar-refractivity contribution in [3.63, 3.8) is 0 Å². The van der Waals surface area contributed by atoms with E-state index in [-0.39, 0.29) is 29.5 Å². The molecule has 0 aromatic heterocycles. The molecule has 2 aromatic carbocycles. The van der Waals surface area contributed by atoms with E-state index >= 15 is 0 Å². The number of ether oxygens (including phenoxy) is 2. The van der Waals surface area contributed by atoms with E-state index in [4.69, 9.17) is 21.1 Å². The van der Waals surface area contributed by atoms with E-state index < -0.39 is 4.92 Å². The number of hydrogen-bond acceptors (Lipinski definition) is 7. The first kappa shape index (κ1) is 21.4. The number of benzene rings is 2. The number of anilines is 1. The van der Waals surface area contributed by atoms with Crippen LogP contribution in [-0.4, -0.2) is 59.6 Å². The fourth-order valence-corrected chi connectivity index (χ4v) is 3.95. The lowest BCUT2D eigenvalue weighted by Crippen LogP contribution is -2.52. The molecule has 2 heterocycles. The van der Waals surface area contributed by atoms with Gasteiger partial charge in [0.15, 0.2) is 11.5 Å². The Morgan fingerprint density at radius 1 is 1.16 bits per heavy atom. The van der Waals surface area contributed by atoms with Crippen LogP contribution in [0.5, 0.6) is 11.5 Å². The number of carbonyl (C=O) groups is 1. The summed E-state index contributed by atoms with van der Waals surface area (Å²) in [6.45, 7) is 6.11. The number of nitro benzene ring substituents is 1. The van der Waals surface area contributed by atoms with Crippen LogP contribution in [0.4, 0.5) is 11.4 Å². The van der Waals surface area contributed by atoms with Crippen LogP contribution in [0.25, 0.3) is 0 Å². The fourth-order valence-electron chi connectivity index (χ4n) is 3.73. The van der Waals surface area contributed by atoms with E-state index in [0.717, 1.165) is 49.8 Å². The first-order valence-corrected chi connectivity index (χ1v) is 10.4. The molecule has 2 aliphatic rings. The van der Waals surface area contributed by atoms with E-state index in [2.05, 4.69) is 15.1 Å². The van der Waals surface area contributed by atoms with Crippen molar-refractivity contribution < 1.29 is 19.2 Å². The summed E-state index contributed by atoms with van der Waals surface area (Å²) in [5, 5.41) is 13.7. The fraction of sp³-hybridized carbons (Fsp3) is 0.381. The number of fused-ring (bicyclic) bond motifs is 1. The minimum Gasteiger partial charge on any atom is -0.454 e. The molecule has 2 aliphatic heterocycles. The summed E-state index contributed by atoms with van der Waals surface area (Å²) in [7, 11) is 0. The number of piperazine rings is 1. The third-order valence-corrected chi connectivity index (χ3v) is 5.91. The standard InChI is InChI=1S/C21H23ClN4O5/c1-14(21(27)23-18-4-3-16(26(28)29)11-17(18)22)25-8-6-24(7-9-25)12-15-2-5-19-20(10-15)31-13-30-19/h2-5,10-11,14H,6-9,12-13H2,1H3,(H,23,27)/t14-/m1/s1. The Morgan fingerprint density at radius 3 is 2.61 bits per heavy atom. The van der Waals surface area contributed by atoms with Gasteiger partial charge in [-0.15, -0.1) is 0 Å². The zero-order valence-electron chi connectivity index (χ0n) is 17.0. The SMILES string of the molecule is C[C@H](C(=O)Nc1ccc([N+](=O)[O-])cc1Cl)N1CCN(Cc2ccc3c(c2)OCO3)CC1. The van der Waals surface area contributed by atoms with Gasteiger partial charge in [-0.25, -0.2) is 0 Å². The van der Waals surface area contributed by atoms with E-state index in [1.54, 1.807) is 0 Å². The lowest BCUT2D eigenvalue weighted by molar-refractivity contribution is -0.384. The molecular formula is C21H23ClN4O5. The third kappa shape index (κ3) is 4.90. The van der Waals surface area contributed by atoms with Gasteiger partial charge in [0.25, 0.3) is 5.69 Å². The monoisotopic (exact) mass is 446 g/mol. The van der Waals surface area contributed by atoms with E-state index in [0.29, 0.717) is 5.69 Å². The van der Waals surface area contributed by atoms with Crippen molar-refractivity contribution in [3.05, 3.63) is 57.1 Å².